The van der Waals surface area contributed by atoms with Crippen molar-refractivity contribution in [3.63, 3.8) is 0 Å². The van der Waals surface area contributed by atoms with Crippen molar-refractivity contribution in [2.24, 2.45) is 10.2 Å². The minimum Gasteiger partial charge on any atom is -0.461 e. The summed E-state index contributed by atoms with van der Waals surface area (Å²) in [7, 11) is 0. The number of esters is 1. The minimum absolute atomic E-state index is 0.125. The Morgan fingerprint density at radius 2 is 2.31 bits per heavy atom. The number of halogens is 1. The number of hydrogen-bond donors (Lipinski definition) is 0. The molecular formula is C8H9ClN2O2. The fourth-order valence-corrected chi connectivity index (χ4v) is 0.847. The smallest absolute Gasteiger partial charge is 0.306 e. The van der Waals surface area contributed by atoms with E-state index in [0.717, 1.165) is 0 Å². The maximum atomic E-state index is 10.9. The maximum Gasteiger partial charge on any atom is 0.306 e. The molecule has 5 heteroatoms. The van der Waals surface area contributed by atoms with Gasteiger partial charge in [-0.25, -0.2) is 0 Å². The normalized spacial score (nSPS) is 16.3. The molecule has 4 nitrogen and oxygen atoms in total. The van der Waals surface area contributed by atoms with Gasteiger partial charge in [-0.05, 0) is 0 Å². The Bertz CT molecular complexity index is 264. The van der Waals surface area contributed by atoms with Crippen LogP contribution in [0.3, 0.4) is 0 Å². The third kappa shape index (κ3) is 3.03. The molecule has 0 aromatic rings. The standard InChI is InChI=1S/C8H9ClN2O2/c1-2-3-4-7(12)13-6-8(5-9)10-11-8/h1H,3-6H2. The van der Waals surface area contributed by atoms with Crippen molar-refractivity contribution in [1.29, 1.82) is 0 Å². The number of rotatable bonds is 5. The number of nitrogens with zero attached hydrogens (tertiary/aromatic N) is 2. The molecule has 0 aliphatic carbocycles. The van der Waals surface area contributed by atoms with Crippen LogP contribution in [0, 0.1) is 12.3 Å². The first-order valence-electron chi connectivity index (χ1n) is 3.81. The van der Waals surface area contributed by atoms with Gasteiger partial charge in [0.2, 0.25) is 5.66 Å². The molecule has 1 aliphatic heterocycles. The van der Waals surface area contributed by atoms with Gasteiger partial charge in [0, 0.05) is 6.42 Å². The van der Waals surface area contributed by atoms with E-state index >= 15 is 0 Å². The number of carbonyl (C=O) groups is 1. The summed E-state index contributed by atoms with van der Waals surface area (Å²) in [5.41, 5.74) is -0.659. The zero-order valence-corrected chi connectivity index (χ0v) is 7.75. The Hall–Kier alpha value is -1.08. The van der Waals surface area contributed by atoms with Crippen molar-refractivity contribution < 1.29 is 9.53 Å². The van der Waals surface area contributed by atoms with Crippen LogP contribution in [0.25, 0.3) is 0 Å². The summed E-state index contributed by atoms with van der Waals surface area (Å²) >= 11 is 5.53. The van der Waals surface area contributed by atoms with Gasteiger partial charge in [0.25, 0.3) is 0 Å². The molecular weight excluding hydrogens is 192 g/mol. The van der Waals surface area contributed by atoms with Crippen molar-refractivity contribution in [2.45, 2.75) is 18.5 Å². The lowest BCUT2D eigenvalue weighted by Crippen LogP contribution is -2.23. The maximum absolute atomic E-state index is 10.9. The zero-order chi connectivity index (χ0) is 9.73. The second kappa shape index (κ2) is 4.24. The van der Waals surface area contributed by atoms with Crippen molar-refractivity contribution in [2.75, 3.05) is 12.5 Å². The first-order chi connectivity index (χ1) is 6.22. The Morgan fingerprint density at radius 3 is 2.77 bits per heavy atom. The topological polar surface area (TPSA) is 51.0 Å². The fourth-order valence-electron chi connectivity index (χ4n) is 0.663. The molecule has 0 N–H and O–H groups in total. The van der Waals surface area contributed by atoms with Crippen LogP contribution >= 0.6 is 11.6 Å². The number of hydrogen-bond acceptors (Lipinski definition) is 4. The Labute approximate surface area is 81.3 Å². The summed E-state index contributed by atoms with van der Waals surface area (Å²) in [6, 6.07) is 0. The average molecular weight is 201 g/mol. The number of carbonyl (C=O) groups excluding carboxylic acids is 1. The van der Waals surface area contributed by atoms with Crippen molar-refractivity contribution in [3.05, 3.63) is 0 Å². The van der Waals surface area contributed by atoms with E-state index in [9.17, 15) is 4.79 Å². The van der Waals surface area contributed by atoms with E-state index in [1.807, 2.05) is 0 Å². The first kappa shape index (κ1) is 10.0. The fraction of sp³-hybridized carbons (Fsp3) is 0.625. The van der Waals surface area contributed by atoms with Gasteiger partial charge in [0.1, 0.15) is 6.61 Å². The molecule has 0 saturated heterocycles. The first-order valence-corrected chi connectivity index (χ1v) is 4.35. The molecule has 0 spiro atoms. The highest BCUT2D eigenvalue weighted by molar-refractivity contribution is 6.18. The second-order valence-electron chi connectivity index (χ2n) is 2.68. The van der Waals surface area contributed by atoms with E-state index in [4.69, 9.17) is 22.8 Å². The Balaban J connectivity index is 2.12. The number of terminal acetylenes is 1. The molecule has 0 radical (unpaired) electrons. The molecule has 0 aromatic carbocycles. The highest BCUT2D eigenvalue weighted by atomic mass is 35.5. The molecule has 0 atom stereocenters. The third-order valence-electron chi connectivity index (χ3n) is 1.53. The van der Waals surface area contributed by atoms with E-state index in [-0.39, 0.29) is 24.9 Å². The van der Waals surface area contributed by atoms with Crippen LogP contribution in [0.4, 0.5) is 0 Å². The van der Waals surface area contributed by atoms with E-state index in [1.165, 1.54) is 0 Å². The van der Waals surface area contributed by atoms with Crippen LogP contribution in [-0.4, -0.2) is 24.1 Å². The van der Waals surface area contributed by atoms with Crippen molar-refractivity contribution in [1.82, 2.24) is 0 Å². The molecule has 0 unspecified atom stereocenters. The molecule has 0 bridgehead atoms. The highest BCUT2D eigenvalue weighted by Crippen LogP contribution is 2.29. The SMILES string of the molecule is C#CCCC(=O)OCC1(CCl)N=N1. The lowest BCUT2D eigenvalue weighted by molar-refractivity contribution is -0.144. The van der Waals surface area contributed by atoms with E-state index in [2.05, 4.69) is 16.1 Å². The van der Waals surface area contributed by atoms with E-state index in [1.54, 1.807) is 0 Å². The van der Waals surface area contributed by atoms with Crippen LogP contribution in [0.1, 0.15) is 12.8 Å². The largest absolute Gasteiger partial charge is 0.461 e. The third-order valence-corrected chi connectivity index (χ3v) is 1.96. The molecule has 1 aliphatic rings. The summed E-state index contributed by atoms with van der Waals surface area (Å²) < 4.78 is 4.86. The van der Waals surface area contributed by atoms with Gasteiger partial charge in [-0.3, -0.25) is 4.79 Å². The van der Waals surface area contributed by atoms with Crippen LogP contribution in [0.2, 0.25) is 0 Å². The Kier molecular flexibility index (Phi) is 3.26. The molecule has 0 fully saturated rings. The molecule has 13 heavy (non-hydrogen) atoms. The Morgan fingerprint density at radius 1 is 1.62 bits per heavy atom. The summed E-state index contributed by atoms with van der Waals surface area (Å²) in [6.45, 7) is 0.125. The highest BCUT2D eigenvalue weighted by Gasteiger charge is 2.40. The summed E-state index contributed by atoms with van der Waals surface area (Å²) in [5.74, 6) is 2.26. The quantitative estimate of drug-likeness (QED) is 0.382. The number of alkyl halides is 1. The van der Waals surface area contributed by atoms with E-state index in [0.29, 0.717) is 6.42 Å². The van der Waals surface area contributed by atoms with Gasteiger partial charge in [-0.15, -0.1) is 23.9 Å². The van der Waals surface area contributed by atoms with Crippen LogP contribution < -0.4 is 0 Å². The van der Waals surface area contributed by atoms with Gasteiger partial charge < -0.3 is 4.74 Å². The van der Waals surface area contributed by atoms with Crippen LogP contribution in [0.5, 0.6) is 0 Å². The minimum atomic E-state index is -0.659. The summed E-state index contributed by atoms with van der Waals surface area (Å²) in [5, 5.41) is 7.36. The van der Waals surface area contributed by atoms with Crippen LogP contribution in [-0.2, 0) is 9.53 Å². The van der Waals surface area contributed by atoms with Gasteiger partial charge in [0.05, 0.1) is 12.3 Å². The summed E-state index contributed by atoms with van der Waals surface area (Å²) in [6.07, 6.45) is 5.60. The monoisotopic (exact) mass is 200 g/mol. The molecule has 70 valence electrons. The average Bonchev–Trinajstić information content (AvgIpc) is 2.92. The lowest BCUT2D eigenvalue weighted by Gasteiger charge is -2.06. The zero-order valence-electron chi connectivity index (χ0n) is 6.99. The van der Waals surface area contributed by atoms with Gasteiger partial charge in [-0.2, -0.15) is 10.2 Å². The van der Waals surface area contributed by atoms with E-state index < -0.39 is 5.66 Å². The predicted molar refractivity (Wildman–Crippen MR) is 47.3 cm³/mol. The lowest BCUT2D eigenvalue weighted by atomic mass is 10.3. The predicted octanol–water partition coefficient (Wildman–Crippen LogP) is 1.34. The van der Waals surface area contributed by atoms with Crippen LogP contribution in [0.15, 0.2) is 10.2 Å². The molecule has 1 heterocycles. The van der Waals surface area contributed by atoms with Crippen molar-refractivity contribution in [3.8, 4) is 12.3 Å². The molecule has 1 rings (SSSR count). The summed E-state index contributed by atoms with van der Waals surface area (Å²) in [4.78, 5) is 10.9. The molecule has 0 saturated carbocycles. The van der Waals surface area contributed by atoms with Gasteiger partial charge in [0.15, 0.2) is 0 Å². The van der Waals surface area contributed by atoms with Gasteiger partial charge in [-0.1, -0.05) is 0 Å². The molecule has 0 amide bonds. The van der Waals surface area contributed by atoms with Crippen molar-refractivity contribution >= 4 is 17.6 Å². The number of ether oxygens (including phenoxy) is 1. The molecule has 0 aromatic heterocycles. The second-order valence-corrected chi connectivity index (χ2v) is 2.95. The van der Waals surface area contributed by atoms with Gasteiger partial charge >= 0.3 is 5.97 Å².